The molecule has 0 aliphatic heterocycles. The van der Waals surface area contributed by atoms with Crippen LogP contribution < -0.4 is 5.73 Å². The second-order valence-corrected chi connectivity index (χ2v) is 7.04. The first kappa shape index (κ1) is 16.0. The summed E-state index contributed by atoms with van der Waals surface area (Å²) in [5.41, 5.74) is 6.17. The Kier molecular flexibility index (Phi) is 6.57. The van der Waals surface area contributed by atoms with Gasteiger partial charge in [-0.25, -0.2) is 0 Å². The standard InChI is InChI=1S/C12H21N.C6H12O/c1-2-9-7-8-12(13)11-6-4-3-5-10(9)11;7-6-4-2-1-3-5-6/h2,9-12H,1,3-8,13H2;6-7H,1-5H2. The Morgan fingerprint density at radius 2 is 1.40 bits per heavy atom. The van der Waals surface area contributed by atoms with Crippen LogP contribution in [0, 0.1) is 17.8 Å². The van der Waals surface area contributed by atoms with Crippen LogP contribution in [0.15, 0.2) is 12.7 Å². The van der Waals surface area contributed by atoms with Gasteiger partial charge in [0.05, 0.1) is 6.10 Å². The minimum absolute atomic E-state index is 0.0359. The quantitative estimate of drug-likeness (QED) is 0.712. The average Bonchev–Trinajstić information content (AvgIpc) is 2.49. The summed E-state index contributed by atoms with van der Waals surface area (Å²) in [4.78, 5) is 0. The lowest BCUT2D eigenvalue weighted by Gasteiger charge is -2.43. The third-order valence-corrected chi connectivity index (χ3v) is 5.69. The lowest BCUT2D eigenvalue weighted by Crippen LogP contribution is -2.43. The molecule has 0 bridgehead atoms. The van der Waals surface area contributed by atoms with Gasteiger partial charge in [0.1, 0.15) is 0 Å². The predicted molar refractivity (Wildman–Crippen MR) is 85.4 cm³/mol. The molecule has 4 unspecified atom stereocenters. The van der Waals surface area contributed by atoms with Crippen LogP contribution in [-0.2, 0) is 0 Å². The van der Waals surface area contributed by atoms with E-state index in [4.69, 9.17) is 10.8 Å². The maximum Gasteiger partial charge on any atom is 0.0540 e. The highest BCUT2D eigenvalue weighted by Crippen LogP contribution is 2.43. The van der Waals surface area contributed by atoms with E-state index in [1.165, 1.54) is 57.8 Å². The molecule has 0 aromatic heterocycles. The highest BCUT2D eigenvalue weighted by molar-refractivity contribution is 4.97. The number of aliphatic hydroxyl groups excluding tert-OH is 1. The van der Waals surface area contributed by atoms with Crippen LogP contribution in [0.3, 0.4) is 0 Å². The Hall–Kier alpha value is -0.340. The van der Waals surface area contributed by atoms with Crippen LogP contribution >= 0.6 is 0 Å². The van der Waals surface area contributed by atoms with Crippen LogP contribution in [0.4, 0.5) is 0 Å². The van der Waals surface area contributed by atoms with Gasteiger partial charge in [0, 0.05) is 6.04 Å². The molecule has 0 heterocycles. The van der Waals surface area contributed by atoms with Gasteiger partial charge < -0.3 is 10.8 Å². The first-order chi connectivity index (χ1) is 9.72. The van der Waals surface area contributed by atoms with Gasteiger partial charge in [-0.2, -0.15) is 0 Å². The SMILES string of the molecule is C=CC1CCC(N)C2CCCCC12.OC1CCCCC1. The zero-order chi connectivity index (χ0) is 14.4. The van der Waals surface area contributed by atoms with Crippen molar-refractivity contribution in [3.8, 4) is 0 Å². The van der Waals surface area contributed by atoms with Crippen molar-refractivity contribution in [2.45, 2.75) is 82.8 Å². The molecule has 3 aliphatic carbocycles. The monoisotopic (exact) mass is 279 g/mol. The van der Waals surface area contributed by atoms with Gasteiger partial charge in [-0.05, 0) is 56.3 Å². The predicted octanol–water partition coefficient (Wildman–Crippen LogP) is 4.03. The fraction of sp³-hybridized carbons (Fsp3) is 0.889. The Labute approximate surface area is 124 Å². The Balaban J connectivity index is 0.000000178. The molecule has 0 saturated heterocycles. The van der Waals surface area contributed by atoms with E-state index in [1.54, 1.807) is 0 Å². The maximum atomic E-state index is 8.91. The molecule has 0 amide bonds. The van der Waals surface area contributed by atoms with Gasteiger partial charge >= 0.3 is 0 Å². The van der Waals surface area contributed by atoms with E-state index < -0.39 is 0 Å². The second-order valence-electron chi connectivity index (χ2n) is 7.04. The van der Waals surface area contributed by atoms with Crippen molar-refractivity contribution in [1.29, 1.82) is 0 Å². The largest absolute Gasteiger partial charge is 0.393 e. The van der Waals surface area contributed by atoms with Gasteiger partial charge in [0.2, 0.25) is 0 Å². The highest BCUT2D eigenvalue weighted by atomic mass is 16.3. The Morgan fingerprint density at radius 3 is 1.95 bits per heavy atom. The van der Waals surface area contributed by atoms with E-state index in [9.17, 15) is 0 Å². The third-order valence-electron chi connectivity index (χ3n) is 5.69. The fourth-order valence-electron chi connectivity index (χ4n) is 4.44. The van der Waals surface area contributed by atoms with E-state index >= 15 is 0 Å². The van der Waals surface area contributed by atoms with E-state index in [1.807, 2.05) is 0 Å². The fourth-order valence-corrected chi connectivity index (χ4v) is 4.44. The van der Waals surface area contributed by atoms with Crippen molar-refractivity contribution < 1.29 is 5.11 Å². The first-order valence-corrected chi connectivity index (χ1v) is 8.78. The van der Waals surface area contributed by atoms with Crippen LogP contribution in [0.25, 0.3) is 0 Å². The molecule has 3 N–H and O–H groups in total. The zero-order valence-electron chi connectivity index (χ0n) is 13.0. The van der Waals surface area contributed by atoms with E-state index in [0.29, 0.717) is 6.04 Å². The van der Waals surface area contributed by atoms with E-state index in [-0.39, 0.29) is 6.10 Å². The molecule has 116 valence electrons. The molecule has 4 atom stereocenters. The molecule has 0 spiro atoms. The lowest BCUT2D eigenvalue weighted by atomic mass is 9.64. The minimum atomic E-state index is 0.0359. The maximum absolute atomic E-state index is 8.91. The summed E-state index contributed by atoms with van der Waals surface area (Å²) in [7, 11) is 0. The number of fused-ring (bicyclic) bond motifs is 1. The van der Waals surface area contributed by atoms with Crippen molar-refractivity contribution in [2.75, 3.05) is 0 Å². The molecule has 0 radical (unpaired) electrons. The molecule has 0 aromatic carbocycles. The van der Waals surface area contributed by atoms with Gasteiger partial charge in [-0.1, -0.05) is 38.2 Å². The molecule has 0 aromatic rings. The normalized spacial score (nSPS) is 38.3. The molecule has 3 saturated carbocycles. The molecule has 3 fully saturated rings. The highest BCUT2D eigenvalue weighted by Gasteiger charge is 2.37. The zero-order valence-corrected chi connectivity index (χ0v) is 13.0. The number of rotatable bonds is 1. The van der Waals surface area contributed by atoms with Crippen molar-refractivity contribution in [3.63, 3.8) is 0 Å². The van der Waals surface area contributed by atoms with Crippen molar-refractivity contribution in [3.05, 3.63) is 12.7 Å². The van der Waals surface area contributed by atoms with Gasteiger partial charge in [0.25, 0.3) is 0 Å². The molecule has 3 rings (SSSR count). The van der Waals surface area contributed by atoms with Crippen molar-refractivity contribution >= 4 is 0 Å². The summed E-state index contributed by atoms with van der Waals surface area (Å²) in [6, 6.07) is 0.487. The minimum Gasteiger partial charge on any atom is -0.393 e. The number of hydrogen-bond acceptors (Lipinski definition) is 2. The number of nitrogens with two attached hydrogens (primary N) is 1. The van der Waals surface area contributed by atoms with E-state index in [0.717, 1.165) is 30.6 Å². The topological polar surface area (TPSA) is 46.2 Å². The summed E-state index contributed by atoms with van der Waals surface area (Å²) >= 11 is 0. The molecule has 20 heavy (non-hydrogen) atoms. The summed E-state index contributed by atoms with van der Waals surface area (Å²) in [6.45, 7) is 3.96. The van der Waals surface area contributed by atoms with Crippen molar-refractivity contribution in [1.82, 2.24) is 0 Å². The summed E-state index contributed by atoms with van der Waals surface area (Å²) < 4.78 is 0. The van der Waals surface area contributed by atoms with Crippen LogP contribution in [0.1, 0.15) is 70.6 Å². The van der Waals surface area contributed by atoms with Gasteiger partial charge in [-0.3, -0.25) is 0 Å². The van der Waals surface area contributed by atoms with Gasteiger partial charge in [-0.15, -0.1) is 6.58 Å². The summed E-state index contributed by atoms with van der Waals surface area (Å²) in [5.74, 6) is 2.45. The smallest absolute Gasteiger partial charge is 0.0540 e. The van der Waals surface area contributed by atoms with E-state index in [2.05, 4.69) is 12.7 Å². The number of aliphatic hydroxyl groups is 1. The third kappa shape index (κ3) is 4.33. The second kappa shape index (κ2) is 8.19. The first-order valence-electron chi connectivity index (χ1n) is 8.78. The average molecular weight is 279 g/mol. The molecule has 2 heteroatoms. The lowest BCUT2D eigenvalue weighted by molar-refractivity contribution is 0.109. The van der Waals surface area contributed by atoms with Gasteiger partial charge in [0.15, 0.2) is 0 Å². The molecular weight excluding hydrogens is 246 g/mol. The summed E-state index contributed by atoms with van der Waals surface area (Å²) in [6.07, 6.45) is 16.2. The number of hydrogen-bond donors (Lipinski definition) is 2. The van der Waals surface area contributed by atoms with Crippen LogP contribution in [-0.4, -0.2) is 17.3 Å². The summed E-state index contributed by atoms with van der Waals surface area (Å²) in [5, 5.41) is 8.91. The molecule has 3 aliphatic rings. The Morgan fingerprint density at radius 1 is 0.800 bits per heavy atom. The van der Waals surface area contributed by atoms with Crippen LogP contribution in [0.5, 0.6) is 0 Å². The molecular formula is C18H33NO. The number of allylic oxidation sites excluding steroid dienone is 1. The van der Waals surface area contributed by atoms with Crippen LogP contribution in [0.2, 0.25) is 0 Å². The molecule has 2 nitrogen and oxygen atoms in total. The van der Waals surface area contributed by atoms with Crippen molar-refractivity contribution in [2.24, 2.45) is 23.5 Å². The Bertz CT molecular complexity index is 285.